The summed E-state index contributed by atoms with van der Waals surface area (Å²) in [6.07, 6.45) is 1.66. The number of benzene rings is 1. The van der Waals surface area contributed by atoms with Gasteiger partial charge in [0.25, 0.3) is 0 Å². The lowest BCUT2D eigenvalue weighted by molar-refractivity contribution is 0.628. The molecule has 0 amide bonds. The Morgan fingerprint density at radius 3 is 2.52 bits per heavy atom. The van der Waals surface area contributed by atoms with Crippen molar-refractivity contribution in [1.29, 1.82) is 0 Å². The maximum atomic E-state index is 13.3. The molecule has 0 unspecified atom stereocenters. The summed E-state index contributed by atoms with van der Waals surface area (Å²) >= 11 is 0. The van der Waals surface area contributed by atoms with E-state index in [1.54, 1.807) is 31.4 Å². The fourth-order valence-electron chi connectivity index (χ4n) is 2.62. The molecule has 3 heterocycles. The molecule has 0 aliphatic heterocycles. The standard InChI is InChI=1S/C16H12FN7O/c1-23-8-10(4-7-12(23)25)14-13(9-2-5-11(17)6-3-9)19-15(18)16-20-21-22-24(14)16/h2-8H,1H3,(H2,18,19). The first kappa shape index (κ1) is 14.9. The molecule has 0 spiro atoms. The zero-order valence-electron chi connectivity index (χ0n) is 13.1. The number of nitrogens with two attached hydrogens (primary N) is 1. The number of tetrazole rings is 1. The van der Waals surface area contributed by atoms with Crippen molar-refractivity contribution in [2.75, 3.05) is 5.73 Å². The van der Waals surface area contributed by atoms with E-state index >= 15 is 0 Å². The van der Waals surface area contributed by atoms with Crippen LogP contribution in [0.2, 0.25) is 0 Å². The highest BCUT2D eigenvalue weighted by atomic mass is 19.1. The van der Waals surface area contributed by atoms with Gasteiger partial charge < -0.3 is 10.3 Å². The lowest BCUT2D eigenvalue weighted by atomic mass is 10.1. The van der Waals surface area contributed by atoms with Crippen molar-refractivity contribution in [1.82, 2.24) is 29.6 Å². The maximum absolute atomic E-state index is 13.3. The number of fused-ring (bicyclic) bond motifs is 1. The second-order valence-corrected chi connectivity index (χ2v) is 5.48. The number of nitrogen functional groups attached to an aromatic ring is 1. The average Bonchev–Trinajstić information content (AvgIpc) is 3.08. The monoisotopic (exact) mass is 337 g/mol. The molecule has 0 bridgehead atoms. The molecular formula is C16H12FN7O. The minimum absolute atomic E-state index is 0.150. The Bertz CT molecular complexity index is 1150. The van der Waals surface area contributed by atoms with Gasteiger partial charge in [0, 0.05) is 30.4 Å². The maximum Gasteiger partial charge on any atom is 0.250 e. The fraction of sp³-hybridized carbons (Fsp3) is 0.0625. The first-order valence-electron chi connectivity index (χ1n) is 7.35. The van der Waals surface area contributed by atoms with E-state index in [2.05, 4.69) is 20.5 Å². The molecule has 0 radical (unpaired) electrons. The van der Waals surface area contributed by atoms with Gasteiger partial charge in [0.1, 0.15) is 11.5 Å². The molecule has 0 fully saturated rings. The van der Waals surface area contributed by atoms with E-state index in [-0.39, 0.29) is 17.2 Å². The number of hydrogen-bond acceptors (Lipinski definition) is 6. The first-order valence-corrected chi connectivity index (χ1v) is 7.35. The molecule has 124 valence electrons. The molecule has 4 aromatic rings. The summed E-state index contributed by atoms with van der Waals surface area (Å²) in [5.41, 5.74) is 8.47. The molecule has 3 aromatic heterocycles. The van der Waals surface area contributed by atoms with E-state index in [1.807, 2.05) is 0 Å². The van der Waals surface area contributed by atoms with Crippen molar-refractivity contribution in [3.63, 3.8) is 0 Å². The Kier molecular flexibility index (Phi) is 3.27. The number of pyridine rings is 1. The molecule has 0 aliphatic rings. The van der Waals surface area contributed by atoms with E-state index in [1.165, 1.54) is 27.3 Å². The molecule has 8 nitrogen and oxygen atoms in total. The van der Waals surface area contributed by atoms with Crippen molar-refractivity contribution < 1.29 is 4.39 Å². The Morgan fingerprint density at radius 1 is 1.08 bits per heavy atom. The van der Waals surface area contributed by atoms with Crippen LogP contribution in [0.5, 0.6) is 0 Å². The highest BCUT2D eigenvalue weighted by Crippen LogP contribution is 2.31. The van der Waals surface area contributed by atoms with E-state index in [9.17, 15) is 9.18 Å². The third-order valence-corrected chi connectivity index (χ3v) is 3.84. The summed E-state index contributed by atoms with van der Waals surface area (Å²) in [5, 5.41) is 11.5. The van der Waals surface area contributed by atoms with Crippen LogP contribution in [-0.4, -0.2) is 29.6 Å². The highest BCUT2D eigenvalue weighted by molar-refractivity contribution is 5.82. The number of halogens is 1. The number of hydrogen-bond donors (Lipinski definition) is 1. The third-order valence-electron chi connectivity index (χ3n) is 3.84. The largest absolute Gasteiger partial charge is 0.380 e. The molecule has 25 heavy (non-hydrogen) atoms. The van der Waals surface area contributed by atoms with Crippen molar-refractivity contribution >= 4 is 11.5 Å². The predicted molar refractivity (Wildman–Crippen MR) is 89.1 cm³/mol. The van der Waals surface area contributed by atoms with Crippen LogP contribution >= 0.6 is 0 Å². The van der Waals surface area contributed by atoms with Gasteiger partial charge in [0.2, 0.25) is 11.2 Å². The van der Waals surface area contributed by atoms with E-state index in [4.69, 9.17) is 5.73 Å². The van der Waals surface area contributed by atoms with Crippen molar-refractivity contribution in [2.45, 2.75) is 0 Å². The normalized spacial score (nSPS) is 11.1. The predicted octanol–water partition coefficient (Wildman–Crippen LogP) is 1.27. The van der Waals surface area contributed by atoms with Crippen molar-refractivity contribution in [3.8, 4) is 22.5 Å². The minimum Gasteiger partial charge on any atom is -0.380 e. The molecule has 1 aromatic carbocycles. The molecule has 0 saturated carbocycles. The van der Waals surface area contributed by atoms with Crippen LogP contribution in [0.4, 0.5) is 10.2 Å². The Labute approximate surface area is 140 Å². The van der Waals surface area contributed by atoms with Gasteiger partial charge in [-0.2, -0.15) is 4.52 Å². The Balaban J connectivity index is 2.09. The second kappa shape index (κ2) is 5.48. The van der Waals surface area contributed by atoms with Crippen LogP contribution in [0.25, 0.3) is 28.2 Å². The quantitative estimate of drug-likeness (QED) is 0.591. The van der Waals surface area contributed by atoms with Gasteiger partial charge in [0.15, 0.2) is 5.82 Å². The number of aromatic nitrogens is 6. The lowest BCUT2D eigenvalue weighted by Gasteiger charge is -2.12. The van der Waals surface area contributed by atoms with Gasteiger partial charge in [-0.25, -0.2) is 9.37 Å². The SMILES string of the molecule is Cn1cc(-c2c(-c3ccc(F)cc3)nc(N)c3nnnn23)ccc1=O. The summed E-state index contributed by atoms with van der Waals surface area (Å²) in [6, 6.07) is 8.96. The topological polar surface area (TPSA) is 104 Å². The number of anilines is 1. The van der Waals surface area contributed by atoms with Gasteiger partial charge in [-0.1, -0.05) is 0 Å². The van der Waals surface area contributed by atoms with E-state index in [0.29, 0.717) is 28.2 Å². The Morgan fingerprint density at radius 2 is 1.80 bits per heavy atom. The molecule has 4 rings (SSSR count). The minimum atomic E-state index is -0.358. The van der Waals surface area contributed by atoms with Crippen LogP contribution in [0, 0.1) is 5.82 Å². The van der Waals surface area contributed by atoms with Gasteiger partial charge in [0.05, 0.1) is 5.69 Å². The number of nitrogens with zero attached hydrogens (tertiary/aromatic N) is 6. The Hall–Kier alpha value is -3.62. The smallest absolute Gasteiger partial charge is 0.250 e. The second-order valence-electron chi connectivity index (χ2n) is 5.48. The molecule has 2 N–H and O–H groups in total. The van der Waals surface area contributed by atoms with Gasteiger partial charge in [-0.3, -0.25) is 4.79 Å². The van der Waals surface area contributed by atoms with Crippen molar-refractivity contribution in [2.24, 2.45) is 7.05 Å². The van der Waals surface area contributed by atoms with Crippen LogP contribution in [0.15, 0.2) is 47.4 Å². The van der Waals surface area contributed by atoms with E-state index < -0.39 is 0 Å². The lowest BCUT2D eigenvalue weighted by Crippen LogP contribution is -2.15. The molecular weight excluding hydrogens is 325 g/mol. The average molecular weight is 337 g/mol. The molecule has 0 atom stereocenters. The zero-order valence-corrected chi connectivity index (χ0v) is 13.1. The van der Waals surface area contributed by atoms with Gasteiger partial charge >= 0.3 is 0 Å². The van der Waals surface area contributed by atoms with E-state index in [0.717, 1.165) is 0 Å². The summed E-state index contributed by atoms with van der Waals surface area (Å²) in [4.78, 5) is 16.1. The van der Waals surface area contributed by atoms with Crippen molar-refractivity contribution in [3.05, 3.63) is 58.8 Å². The van der Waals surface area contributed by atoms with Crippen LogP contribution in [0.1, 0.15) is 0 Å². The summed E-state index contributed by atoms with van der Waals surface area (Å²) in [5.74, 6) is -0.207. The summed E-state index contributed by atoms with van der Waals surface area (Å²) in [7, 11) is 1.64. The van der Waals surface area contributed by atoms with Gasteiger partial charge in [-0.15, -0.1) is 5.10 Å². The highest BCUT2D eigenvalue weighted by Gasteiger charge is 2.19. The molecule has 0 aliphatic carbocycles. The van der Waals surface area contributed by atoms with Crippen LogP contribution < -0.4 is 11.3 Å². The van der Waals surface area contributed by atoms with Gasteiger partial charge in [-0.05, 0) is 40.8 Å². The summed E-state index contributed by atoms with van der Waals surface area (Å²) < 4.78 is 16.2. The number of aryl methyl sites for hydroxylation is 1. The van der Waals surface area contributed by atoms with Crippen LogP contribution in [-0.2, 0) is 7.05 Å². The van der Waals surface area contributed by atoms with Crippen LogP contribution in [0.3, 0.4) is 0 Å². The first-order chi connectivity index (χ1) is 12.0. The summed E-state index contributed by atoms with van der Waals surface area (Å²) in [6.45, 7) is 0. The zero-order chi connectivity index (χ0) is 17.6. The third kappa shape index (κ3) is 2.42. The molecule has 9 heteroatoms. The molecule has 0 saturated heterocycles. The number of rotatable bonds is 2. The fourth-order valence-corrected chi connectivity index (χ4v) is 2.62.